The van der Waals surface area contributed by atoms with Gasteiger partial charge in [0.05, 0.1) is 25.9 Å². The maximum absolute atomic E-state index is 5.26. The summed E-state index contributed by atoms with van der Waals surface area (Å²) in [6.45, 7) is 2.60. The fourth-order valence-corrected chi connectivity index (χ4v) is 1.28. The van der Waals surface area contributed by atoms with Crippen LogP contribution in [0.4, 0.5) is 0 Å². The molecular formula is C9H13N5O. The summed E-state index contributed by atoms with van der Waals surface area (Å²) in [5.74, 6) is 1.58. The predicted molar refractivity (Wildman–Crippen MR) is 52.8 cm³/mol. The van der Waals surface area contributed by atoms with Gasteiger partial charge < -0.3 is 9.73 Å². The molecule has 0 spiro atoms. The largest absolute Gasteiger partial charge is 0.468 e. The smallest absolute Gasteiger partial charge is 0.188 e. The van der Waals surface area contributed by atoms with E-state index >= 15 is 0 Å². The Bertz CT molecular complexity index is 408. The molecule has 1 atom stereocenters. The molecule has 0 radical (unpaired) electrons. The van der Waals surface area contributed by atoms with Crippen molar-refractivity contribution in [2.45, 2.75) is 19.5 Å². The molecule has 1 N–H and O–H groups in total. The van der Waals surface area contributed by atoms with Gasteiger partial charge in [-0.1, -0.05) is 0 Å². The Morgan fingerprint density at radius 3 is 3.07 bits per heavy atom. The molecule has 2 rings (SSSR count). The van der Waals surface area contributed by atoms with Crippen molar-refractivity contribution in [3.63, 3.8) is 0 Å². The second-order valence-corrected chi connectivity index (χ2v) is 3.31. The summed E-state index contributed by atoms with van der Waals surface area (Å²) in [4.78, 5) is 1.44. The van der Waals surface area contributed by atoms with Crippen LogP contribution in [-0.4, -0.2) is 20.2 Å². The lowest BCUT2D eigenvalue weighted by atomic mass is 10.2. The van der Waals surface area contributed by atoms with E-state index in [1.807, 2.05) is 19.1 Å². The molecule has 0 saturated carbocycles. The lowest BCUT2D eigenvalue weighted by molar-refractivity contribution is 0.426. The Morgan fingerprint density at radius 1 is 1.60 bits per heavy atom. The molecule has 6 heteroatoms. The van der Waals surface area contributed by atoms with Gasteiger partial charge in [-0.25, -0.2) is 0 Å². The van der Waals surface area contributed by atoms with E-state index in [1.54, 1.807) is 13.3 Å². The molecule has 0 bridgehead atoms. The minimum absolute atomic E-state index is 0.142. The van der Waals surface area contributed by atoms with Crippen molar-refractivity contribution in [2.75, 3.05) is 0 Å². The average Bonchev–Trinajstić information content (AvgIpc) is 2.84. The lowest BCUT2D eigenvalue weighted by Crippen LogP contribution is -2.18. The highest BCUT2D eigenvalue weighted by molar-refractivity contribution is 5.03. The molecule has 0 amide bonds. The quantitative estimate of drug-likeness (QED) is 0.797. The second-order valence-electron chi connectivity index (χ2n) is 3.31. The van der Waals surface area contributed by atoms with Gasteiger partial charge in [0.2, 0.25) is 0 Å². The van der Waals surface area contributed by atoms with E-state index in [-0.39, 0.29) is 6.04 Å². The number of nitrogens with one attached hydrogen (secondary N) is 1. The number of aryl methyl sites for hydroxylation is 1. The first kappa shape index (κ1) is 9.85. The topological polar surface area (TPSA) is 68.8 Å². The molecule has 80 valence electrons. The normalized spacial score (nSPS) is 12.9. The van der Waals surface area contributed by atoms with Gasteiger partial charge in [0.15, 0.2) is 5.82 Å². The maximum atomic E-state index is 5.26. The van der Waals surface area contributed by atoms with Crippen LogP contribution >= 0.6 is 0 Å². The summed E-state index contributed by atoms with van der Waals surface area (Å²) in [5.41, 5.74) is 0. The molecule has 6 nitrogen and oxygen atoms in total. The van der Waals surface area contributed by atoms with Crippen LogP contribution < -0.4 is 5.32 Å². The number of nitrogens with zero attached hydrogens (tertiary/aromatic N) is 4. The van der Waals surface area contributed by atoms with E-state index in [2.05, 4.69) is 20.7 Å². The van der Waals surface area contributed by atoms with E-state index in [4.69, 9.17) is 4.42 Å². The summed E-state index contributed by atoms with van der Waals surface area (Å²) in [6.07, 6.45) is 1.66. The first-order valence-corrected chi connectivity index (χ1v) is 4.75. The van der Waals surface area contributed by atoms with Crippen LogP contribution in [0.3, 0.4) is 0 Å². The van der Waals surface area contributed by atoms with Crippen LogP contribution in [-0.2, 0) is 13.6 Å². The number of furan rings is 1. The molecule has 2 aromatic rings. The number of hydrogen-bond acceptors (Lipinski definition) is 5. The first-order chi connectivity index (χ1) is 7.25. The third-order valence-corrected chi connectivity index (χ3v) is 2.09. The zero-order valence-corrected chi connectivity index (χ0v) is 8.71. The predicted octanol–water partition coefficient (Wildman–Crippen LogP) is 0.654. The number of rotatable bonds is 4. The van der Waals surface area contributed by atoms with Crippen molar-refractivity contribution in [1.29, 1.82) is 0 Å². The minimum atomic E-state index is 0.142. The molecular weight excluding hydrogens is 194 g/mol. The monoisotopic (exact) mass is 207 g/mol. The highest BCUT2D eigenvalue weighted by Crippen LogP contribution is 2.12. The summed E-state index contributed by atoms with van der Waals surface area (Å²) in [6, 6.07) is 3.94. The van der Waals surface area contributed by atoms with Crippen LogP contribution in [0.2, 0.25) is 0 Å². The molecule has 2 aromatic heterocycles. The van der Waals surface area contributed by atoms with E-state index in [1.165, 1.54) is 4.80 Å². The Balaban J connectivity index is 1.88. The third kappa shape index (κ3) is 2.41. The third-order valence-electron chi connectivity index (χ3n) is 2.09. The highest BCUT2D eigenvalue weighted by Gasteiger charge is 2.08. The number of tetrazole rings is 1. The van der Waals surface area contributed by atoms with Crippen LogP contribution in [0.15, 0.2) is 22.8 Å². The Hall–Kier alpha value is -1.69. The standard InChI is InChI=1S/C9H13N5O/c1-7(8-4-3-5-15-8)10-6-9-11-13-14(2)12-9/h3-5,7,10H,6H2,1-2H3/t7-/m1/s1. The van der Waals surface area contributed by atoms with E-state index in [0.717, 1.165) is 5.76 Å². The van der Waals surface area contributed by atoms with Crippen molar-refractivity contribution in [2.24, 2.45) is 7.05 Å². The number of hydrogen-bond donors (Lipinski definition) is 1. The van der Waals surface area contributed by atoms with Gasteiger partial charge in [0, 0.05) is 0 Å². The minimum Gasteiger partial charge on any atom is -0.468 e. The van der Waals surface area contributed by atoms with E-state index < -0.39 is 0 Å². The second kappa shape index (κ2) is 4.22. The van der Waals surface area contributed by atoms with Crippen molar-refractivity contribution in [1.82, 2.24) is 25.5 Å². The number of aromatic nitrogens is 4. The Labute approximate surface area is 87.3 Å². The highest BCUT2D eigenvalue weighted by atomic mass is 16.3. The molecule has 0 saturated heterocycles. The van der Waals surface area contributed by atoms with Gasteiger partial charge >= 0.3 is 0 Å². The Kier molecular flexibility index (Phi) is 2.77. The summed E-state index contributed by atoms with van der Waals surface area (Å²) in [7, 11) is 1.74. The van der Waals surface area contributed by atoms with Crippen molar-refractivity contribution in [3.05, 3.63) is 30.0 Å². The fraction of sp³-hybridized carbons (Fsp3) is 0.444. The van der Waals surface area contributed by atoms with Crippen LogP contribution in [0.25, 0.3) is 0 Å². The fourth-order valence-electron chi connectivity index (χ4n) is 1.28. The Morgan fingerprint density at radius 2 is 2.47 bits per heavy atom. The average molecular weight is 207 g/mol. The molecule has 0 aliphatic heterocycles. The SMILES string of the molecule is C[C@@H](NCc1nnn(C)n1)c1ccco1. The summed E-state index contributed by atoms with van der Waals surface area (Å²) >= 11 is 0. The van der Waals surface area contributed by atoms with E-state index in [9.17, 15) is 0 Å². The molecule has 0 aromatic carbocycles. The first-order valence-electron chi connectivity index (χ1n) is 4.75. The molecule has 2 heterocycles. The van der Waals surface area contributed by atoms with Crippen molar-refractivity contribution >= 4 is 0 Å². The van der Waals surface area contributed by atoms with Crippen LogP contribution in [0, 0.1) is 0 Å². The zero-order chi connectivity index (χ0) is 10.7. The van der Waals surface area contributed by atoms with Gasteiger partial charge in [0.1, 0.15) is 5.76 Å². The van der Waals surface area contributed by atoms with Crippen LogP contribution in [0.5, 0.6) is 0 Å². The van der Waals surface area contributed by atoms with E-state index in [0.29, 0.717) is 12.4 Å². The maximum Gasteiger partial charge on any atom is 0.188 e. The molecule has 0 unspecified atom stereocenters. The molecule has 0 fully saturated rings. The van der Waals surface area contributed by atoms with Crippen LogP contribution in [0.1, 0.15) is 24.6 Å². The van der Waals surface area contributed by atoms with Gasteiger partial charge in [-0.05, 0) is 24.3 Å². The van der Waals surface area contributed by atoms with Gasteiger partial charge in [-0.3, -0.25) is 0 Å². The van der Waals surface area contributed by atoms with Gasteiger partial charge in [-0.15, -0.1) is 10.2 Å². The molecule has 0 aliphatic carbocycles. The molecule has 0 aliphatic rings. The van der Waals surface area contributed by atoms with Crippen molar-refractivity contribution in [3.8, 4) is 0 Å². The summed E-state index contributed by atoms with van der Waals surface area (Å²) < 4.78 is 5.26. The summed E-state index contributed by atoms with van der Waals surface area (Å²) in [5, 5.41) is 14.9. The lowest BCUT2D eigenvalue weighted by Gasteiger charge is -2.08. The van der Waals surface area contributed by atoms with Crippen molar-refractivity contribution < 1.29 is 4.42 Å². The molecule has 15 heavy (non-hydrogen) atoms. The zero-order valence-electron chi connectivity index (χ0n) is 8.71. The van der Waals surface area contributed by atoms with Gasteiger partial charge in [0.25, 0.3) is 0 Å². The van der Waals surface area contributed by atoms with Gasteiger partial charge in [-0.2, -0.15) is 4.80 Å².